The molecule has 1 aromatic rings. The van der Waals surface area contributed by atoms with Gasteiger partial charge in [-0.3, -0.25) is 0 Å². The van der Waals surface area contributed by atoms with Gasteiger partial charge in [0, 0.05) is 9.13 Å². The van der Waals surface area contributed by atoms with Gasteiger partial charge >= 0.3 is 0 Å². The predicted octanol–water partition coefficient (Wildman–Crippen LogP) is 3.40. The number of aliphatic imine (C=N–C) groups is 1. The highest BCUT2D eigenvalue weighted by Gasteiger charge is 2.16. The van der Waals surface area contributed by atoms with E-state index < -0.39 is 0 Å². The second-order valence-electron chi connectivity index (χ2n) is 3.47. The van der Waals surface area contributed by atoms with Gasteiger partial charge in [-0.25, -0.2) is 4.99 Å². The first-order valence-corrected chi connectivity index (χ1v) is 5.97. The Morgan fingerprint density at radius 3 is 3.14 bits per heavy atom. The molecule has 0 spiro atoms. The molecule has 3 heteroatoms. The first-order chi connectivity index (χ1) is 6.81. The molecular formula is C11H13IN2. The van der Waals surface area contributed by atoms with Crippen LogP contribution in [0.2, 0.25) is 0 Å². The highest BCUT2D eigenvalue weighted by molar-refractivity contribution is 14.1. The minimum absolute atomic E-state index is 0.446. The largest absolute Gasteiger partial charge is 0.369 e. The molecule has 0 aliphatic carbocycles. The molecule has 74 valence electrons. The summed E-state index contributed by atoms with van der Waals surface area (Å²) in [5.74, 6) is 0. The first kappa shape index (κ1) is 9.96. The fraction of sp³-hybridized carbons (Fsp3) is 0.364. The number of hydrogen-bond donors (Lipinski definition) is 1. The minimum atomic E-state index is 0.446. The maximum atomic E-state index is 4.33. The van der Waals surface area contributed by atoms with Crippen LogP contribution in [0.5, 0.6) is 0 Å². The van der Waals surface area contributed by atoms with Gasteiger partial charge in [0.05, 0.1) is 18.1 Å². The third-order valence-electron chi connectivity index (χ3n) is 2.42. The van der Waals surface area contributed by atoms with Gasteiger partial charge < -0.3 is 5.32 Å². The summed E-state index contributed by atoms with van der Waals surface area (Å²) < 4.78 is 1.28. The summed E-state index contributed by atoms with van der Waals surface area (Å²) >= 11 is 2.34. The third-order valence-corrected chi connectivity index (χ3v) is 3.09. The molecule has 0 saturated carbocycles. The SMILES string of the molecule is CCCC1NC=Nc2ccc(I)cc21. The van der Waals surface area contributed by atoms with Crippen molar-refractivity contribution in [1.29, 1.82) is 0 Å². The molecule has 2 rings (SSSR count). The lowest BCUT2D eigenvalue weighted by molar-refractivity contribution is 0.581. The van der Waals surface area contributed by atoms with E-state index in [1.54, 1.807) is 0 Å². The summed E-state index contributed by atoms with van der Waals surface area (Å²) in [6.45, 7) is 2.21. The average Bonchev–Trinajstić information content (AvgIpc) is 2.19. The lowest BCUT2D eigenvalue weighted by atomic mass is 10.00. The molecule has 1 aliphatic rings. The van der Waals surface area contributed by atoms with Crippen molar-refractivity contribution in [3.05, 3.63) is 27.3 Å². The fourth-order valence-corrected chi connectivity index (χ4v) is 2.25. The second kappa shape index (κ2) is 4.29. The van der Waals surface area contributed by atoms with Crippen molar-refractivity contribution in [3.8, 4) is 0 Å². The van der Waals surface area contributed by atoms with Gasteiger partial charge in [0.1, 0.15) is 0 Å². The van der Waals surface area contributed by atoms with E-state index in [4.69, 9.17) is 0 Å². The standard InChI is InChI=1S/C11H13IN2/c1-2-3-10-9-6-8(12)4-5-11(9)14-7-13-10/h4-7,10H,2-3H2,1H3,(H,13,14). The molecule has 2 nitrogen and oxygen atoms in total. The van der Waals surface area contributed by atoms with Crippen LogP contribution >= 0.6 is 22.6 Å². The Morgan fingerprint density at radius 1 is 1.50 bits per heavy atom. The molecule has 0 aromatic heterocycles. The van der Waals surface area contributed by atoms with Crippen molar-refractivity contribution in [3.63, 3.8) is 0 Å². The topological polar surface area (TPSA) is 24.4 Å². The van der Waals surface area contributed by atoms with Gasteiger partial charge in [-0.1, -0.05) is 13.3 Å². The van der Waals surface area contributed by atoms with Crippen molar-refractivity contribution in [1.82, 2.24) is 5.32 Å². The highest BCUT2D eigenvalue weighted by atomic mass is 127. The molecule has 0 amide bonds. The van der Waals surface area contributed by atoms with E-state index in [0.717, 1.165) is 5.69 Å². The van der Waals surface area contributed by atoms with Crippen LogP contribution in [-0.2, 0) is 0 Å². The monoisotopic (exact) mass is 300 g/mol. The van der Waals surface area contributed by atoms with Crippen molar-refractivity contribution in [2.45, 2.75) is 25.8 Å². The third kappa shape index (κ3) is 1.92. The smallest absolute Gasteiger partial charge is 0.0891 e. The van der Waals surface area contributed by atoms with Crippen molar-refractivity contribution >= 4 is 34.6 Å². The zero-order valence-electron chi connectivity index (χ0n) is 8.13. The summed E-state index contributed by atoms with van der Waals surface area (Å²) in [5.41, 5.74) is 2.45. The second-order valence-corrected chi connectivity index (χ2v) is 4.71. The Morgan fingerprint density at radius 2 is 2.36 bits per heavy atom. The normalized spacial score (nSPS) is 18.9. The average molecular weight is 300 g/mol. The minimum Gasteiger partial charge on any atom is -0.369 e. The summed E-state index contributed by atoms with van der Waals surface area (Å²) in [6, 6.07) is 6.87. The van der Waals surface area contributed by atoms with Gasteiger partial charge in [-0.15, -0.1) is 0 Å². The molecule has 1 unspecified atom stereocenters. The van der Waals surface area contributed by atoms with Gasteiger partial charge in [-0.05, 0) is 47.2 Å². The van der Waals surface area contributed by atoms with Gasteiger partial charge in [0.2, 0.25) is 0 Å². The molecule has 0 fully saturated rings. The van der Waals surface area contributed by atoms with E-state index >= 15 is 0 Å². The maximum absolute atomic E-state index is 4.33. The molecule has 14 heavy (non-hydrogen) atoms. The van der Waals surface area contributed by atoms with Crippen LogP contribution in [0, 0.1) is 3.57 Å². The quantitative estimate of drug-likeness (QED) is 0.832. The van der Waals surface area contributed by atoms with E-state index in [1.165, 1.54) is 22.0 Å². The number of benzene rings is 1. The van der Waals surface area contributed by atoms with Gasteiger partial charge in [0.25, 0.3) is 0 Å². The lowest BCUT2D eigenvalue weighted by Crippen LogP contribution is -2.22. The van der Waals surface area contributed by atoms with Crippen LogP contribution in [0.4, 0.5) is 5.69 Å². The van der Waals surface area contributed by atoms with Crippen LogP contribution in [0.25, 0.3) is 0 Å². The van der Waals surface area contributed by atoms with Crippen LogP contribution in [-0.4, -0.2) is 6.34 Å². The number of halogens is 1. The summed E-state index contributed by atoms with van der Waals surface area (Å²) in [4.78, 5) is 4.33. The van der Waals surface area contributed by atoms with E-state index in [1.807, 2.05) is 6.34 Å². The summed E-state index contributed by atoms with van der Waals surface area (Å²) in [5, 5.41) is 3.31. The van der Waals surface area contributed by atoms with Crippen LogP contribution in [0.3, 0.4) is 0 Å². The molecule has 1 aromatic carbocycles. The summed E-state index contributed by atoms with van der Waals surface area (Å²) in [7, 11) is 0. The van der Waals surface area contributed by atoms with Crippen molar-refractivity contribution in [2.75, 3.05) is 0 Å². The number of nitrogens with one attached hydrogen (secondary N) is 1. The zero-order chi connectivity index (χ0) is 9.97. The Hall–Kier alpha value is -0.580. The molecule has 1 heterocycles. The number of fused-ring (bicyclic) bond motifs is 1. The Kier molecular flexibility index (Phi) is 3.05. The van der Waals surface area contributed by atoms with E-state index in [9.17, 15) is 0 Å². The van der Waals surface area contributed by atoms with E-state index in [2.05, 4.69) is 58.0 Å². The zero-order valence-corrected chi connectivity index (χ0v) is 10.3. The van der Waals surface area contributed by atoms with Gasteiger partial charge in [-0.2, -0.15) is 0 Å². The molecule has 1 atom stereocenters. The molecule has 1 N–H and O–H groups in total. The molecule has 1 aliphatic heterocycles. The Labute approximate surface area is 98.0 Å². The number of rotatable bonds is 2. The highest BCUT2D eigenvalue weighted by Crippen LogP contribution is 2.31. The Balaban J connectivity index is 2.37. The predicted molar refractivity (Wildman–Crippen MR) is 68.1 cm³/mol. The Bertz CT molecular complexity index is 360. The first-order valence-electron chi connectivity index (χ1n) is 4.89. The molecular weight excluding hydrogens is 287 g/mol. The number of nitrogens with zero attached hydrogens (tertiary/aromatic N) is 1. The maximum Gasteiger partial charge on any atom is 0.0891 e. The van der Waals surface area contributed by atoms with Gasteiger partial charge in [0.15, 0.2) is 0 Å². The van der Waals surface area contributed by atoms with E-state index in [-0.39, 0.29) is 0 Å². The number of hydrogen-bond acceptors (Lipinski definition) is 2. The fourth-order valence-electron chi connectivity index (χ4n) is 1.74. The van der Waals surface area contributed by atoms with Crippen molar-refractivity contribution < 1.29 is 0 Å². The lowest BCUT2D eigenvalue weighted by Gasteiger charge is -2.22. The summed E-state index contributed by atoms with van der Waals surface area (Å²) in [6.07, 6.45) is 4.17. The van der Waals surface area contributed by atoms with Crippen molar-refractivity contribution in [2.24, 2.45) is 4.99 Å². The molecule has 0 bridgehead atoms. The van der Waals surface area contributed by atoms with E-state index in [0.29, 0.717) is 6.04 Å². The van der Waals surface area contributed by atoms with Crippen LogP contribution in [0.1, 0.15) is 31.4 Å². The molecule has 0 saturated heterocycles. The van der Waals surface area contributed by atoms with Crippen LogP contribution in [0.15, 0.2) is 23.2 Å². The van der Waals surface area contributed by atoms with Crippen LogP contribution < -0.4 is 5.32 Å². The molecule has 0 radical (unpaired) electrons.